The molecule has 5 nitrogen and oxygen atoms in total. The van der Waals surface area contributed by atoms with Crippen molar-refractivity contribution in [3.63, 3.8) is 0 Å². The summed E-state index contributed by atoms with van der Waals surface area (Å²) in [5.74, 6) is -3.22. The highest BCUT2D eigenvalue weighted by atomic mass is 19.3. The molecule has 0 saturated heterocycles. The van der Waals surface area contributed by atoms with E-state index in [1.54, 1.807) is 0 Å². The molecule has 0 aliphatic rings. The molecule has 0 heterocycles. The topological polar surface area (TPSA) is 59.6 Å². The minimum Gasteiger partial charge on any atom is -0.491 e. The summed E-state index contributed by atoms with van der Waals surface area (Å²) in [5, 5.41) is 4.89. The maximum Gasteiger partial charge on any atom is 0.387 e. The van der Waals surface area contributed by atoms with Crippen molar-refractivity contribution in [2.75, 3.05) is 24.3 Å². The van der Waals surface area contributed by atoms with Gasteiger partial charge in [-0.15, -0.1) is 0 Å². The molecular weight excluding hydrogens is 344 g/mol. The Balaban J connectivity index is 2.00. The number of nitrogens with one attached hydrogen (secondary N) is 2. The molecule has 25 heavy (non-hydrogen) atoms. The number of hydrogen-bond donors (Lipinski definition) is 2. The van der Waals surface area contributed by atoms with E-state index in [1.807, 2.05) is 0 Å². The van der Waals surface area contributed by atoms with Crippen molar-refractivity contribution in [1.82, 2.24) is 0 Å². The lowest BCUT2D eigenvalue weighted by atomic mass is 10.2. The van der Waals surface area contributed by atoms with Gasteiger partial charge in [-0.25, -0.2) is 8.78 Å². The zero-order valence-electron chi connectivity index (χ0n) is 13.0. The van der Waals surface area contributed by atoms with E-state index in [4.69, 9.17) is 0 Å². The standard InChI is InChI=1S/C16H14F4N2O3/c1-24-15-10(17)6-9(7-11(15)18)21-8-14(23)22-12-4-2-3-5-13(12)25-16(19)20/h2-7,16,21H,8H2,1H3,(H,22,23). The van der Waals surface area contributed by atoms with Gasteiger partial charge < -0.3 is 20.1 Å². The average molecular weight is 358 g/mol. The normalized spacial score (nSPS) is 10.5. The molecular formula is C16H14F4N2O3. The van der Waals surface area contributed by atoms with Gasteiger partial charge in [-0.3, -0.25) is 4.79 Å². The van der Waals surface area contributed by atoms with Gasteiger partial charge in [-0.1, -0.05) is 12.1 Å². The van der Waals surface area contributed by atoms with Gasteiger partial charge >= 0.3 is 6.61 Å². The molecule has 0 unspecified atom stereocenters. The first-order chi connectivity index (χ1) is 11.9. The Morgan fingerprint density at radius 2 is 1.80 bits per heavy atom. The molecule has 1 amide bonds. The number of ether oxygens (including phenoxy) is 2. The number of amides is 1. The van der Waals surface area contributed by atoms with Crippen molar-refractivity contribution in [2.45, 2.75) is 6.61 Å². The summed E-state index contributed by atoms with van der Waals surface area (Å²) >= 11 is 0. The number of benzene rings is 2. The number of carbonyl (C=O) groups is 1. The number of methoxy groups -OCH3 is 1. The van der Waals surface area contributed by atoms with Crippen LogP contribution in [0.5, 0.6) is 11.5 Å². The number of alkyl halides is 2. The van der Waals surface area contributed by atoms with E-state index in [9.17, 15) is 22.4 Å². The van der Waals surface area contributed by atoms with E-state index in [2.05, 4.69) is 20.1 Å². The van der Waals surface area contributed by atoms with E-state index in [0.29, 0.717) is 0 Å². The number of para-hydroxylation sites is 2. The largest absolute Gasteiger partial charge is 0.491 e. The average Bonchev–Trinajstić information content (AvgIpc) is 2.54. The second kappa shape index (κ2) is 8.22. The fraction of sp³-hybridized carbons (Fsp3) is 0.188. The zero-order chi connectivity index (χ0) is 18.4. The highest BCUT2D eigenvalue weighted by molar-refractivity contribution is 5.95. The van der Waals surface area contributed by atoms with Crippen molar-refractivity contribution >= 4 is 17.3 Å². The van der Waals surface area contributed by atoms with E-state index in [-0.39, 0.29) is 23.7 Å². The van der Waals surface area contributed by atoms with Gasteiger partial charge in [0, 0.05) is 17.8 Å². The maximum absolute atomic E-state index is 13.6. The number of halogens is 4. The Morgan fingerprint density at radius 1 is 1.16 bits per heavy atom. The highest BCUT2D eigenvalue weighted by Crippen LogP contribution is 2.26. The molecule has 2 aromatic rings. The van der Waals surface area contributed by atoms with E-state index in [0.717, 1.165) is 19.2 Å². The van der Waals surface area contributed by atoms with Crippen LogP contribution in [-0.2, 0) is 4.79 Å². The fourth-order valence-corrected chi connectivity index (χ4v) is 2.00. The molecule has 0 atom stereocenters. The lowest BCUT2D eigenvalue weighted by Crippen LogP contribution is -2.22. The van der Waals surface area contributed by atoms with E-state index < -0.39 is 29.9 Å². The van der Waals surface area contributed by atoms with Gasteiger partial charge in [0.2, 0.25) is 5.91 Å². The maximum atomic E-state index is 13.6. The van der Waals surface area contributed by atoms with Gasteiger partial charge in [-0.2, -0.15) is 8.78 Å². The summed E-state index contributed by atoms with van der Waals surface area (Å²) in [5.41, 5.74) is 0.0600. The Kier molecular flexibility index (Phi) is 6.04. The first kappa shape index (κ1) is 18.4. The van der Waals surface area contributed by atoms with Crippen LogP contribution in [0.25, 0.3) is 0 Å². The van der Waals surface area contributed by atoms with Crippen LogP contribution in [-0.4, -0.2) is 26.2 Å². The zero-order valence-corrected chi connectivity index (χ0v) is 13.0. The van der Waals surface area contributed by atoms with Gasteiger partial charge in [0.1, 0.15) is 5.75 Å². The molecule has 0 saturated carbocycles. The van der Waals surface area contributed by atoms with Crippen LogP contribution in [0.2, 0.25) is 0 Å². The monoisotopic (exact) mass is 358 g/mol. The minimum atomic E-state index is -3.04. The summed E-state index contributed by atoms with van der Waals surface area (Å²) in [7, 11) is 1.13. The lowest BCUT2D eigenvalue weighted by Gasteiger charge is -2.13. The second-order valence-corrected chi connectivity index (χ2v) is 4.75. The van der Waals surface area contributed by atoms with Crippen molar-refractivity contribution in [2.24, 2.45) is 0 Å². The highest BCUT2D eigenvalue weighted by Gasteiger charge is 2.14. The predicted octanol–water partition coefficient (Wildman–Crippen LogP) is 3.63. The Labute approximate surface area is 140 Å². The third-order valence-electron chi connectivity index (χ3n) is 3.03. The number of hydrogen-bond acceptors (Lipinski definition) is 4. The molecule has 0 fully saturated rings. The molecule has 2 N–H and O–H groups in total. The third kappa shape index (κ3) is 5.00. The molecule has 0 bridgehead atoms. The van der Waals surface area contributed by atoms with Crippen molar-refractivity contribution in [3.05, 3.63) is 48.0 Å². The van der Waals surface area contributed by atoms with Crippen LogP contribution in [0.15, 0.2) is 36.4 Å². The summed E-state index contributed by atoms with van der Waals surface area (Å²) in [6, 6.07) is 7.56. The predicted molar refractivity (Wildman–Crippen MR) is 83.1 cm³/mol. The van der Waals surface area contributed by atoms with Crippen molar-refractivity contribution < 1.29 is 31.8 Å². The molecule has 9 heteroatoms. The Hall–Kier alpha value is -2.97. The van der Waals surface area contributed by atoms with E-state index in [1.165, 1.54) is 24.3 Å². The first-order valence-electron chi connectivity index (χ1n) is 7.01. The summed E-state index contributed by atoms with van der Waals surface area (Å²) in [6.45, 7) is -3.39. The van der Waals surface area contributed by atoms with Crippen LogP contribution in [0, 0.1) is 11.6 Å². The molecule has 0 spiro atoms. The molecule has 134 valence electrons. The van der Waals surface area contributed by atoms with Gasteiger partial charge in [0.15, 0.2) is 17.4 Å². The minimum absolute atomic E-state index is 0.0167. The van der Waals surface area contributed by atoms with Crippen molar-refractivity contribution in [3.8, 4) is 11.5 Å². The molecule has 2 aromatic carbocycles. The SMILES string of the molecule is COc1c(F)cc(NCC(=O)Nc2ccccc2OC(F)F)cc1F. The molecule has 0 aliphatic carbocycles. The fourth-order valence-electron chi connectivity index (χ4n) is 2.00. The number of anilines is 2. The Bertz CT molecular complexity index is 733. The molecule has 0 radical (unpaired) electrons. The lowest BCUT2D eigenvalue weighted by molar-refractivity contribution is -0.114. The van der Waals surface area contributed by atoms with Gasteiger partial charge in [0.05, 0.1) is 19.3 Å². The number of rotatable bonds is 7. The van der Waals surface area contributed by atoms with Crippen molar-refractivity contribution in [1.29, 1.82) is 0 Å². The van der Waals surface area contributed by atoms with Crippen LogP contribution >= 0.6 is 0 Å². The number of carbonyl (C=O) groups excluding carboxylic acids is 1. The second-order valence-electron chi connectivity index (χ2n) is 4.75. The van der Waals surface area contributed by atoms with Crippen LogP contribution in [0.4, 0.5) is 28.9 Å². The van der Waals surface area contributed by atoms with E-state index >= 15 is 0 Å². The van der Waals surface area contributed by atoms with Gasteiger partial charge in [-0.05, 0) is 12.1 Å². The first-order valence-corrected chi connectivity index (χ1v) is 7.01. The molecule has 0 aromatic heterocycles. The van der Waals surface area contributed by atoms with Crippen LogP contribution in [0.3, 0.4) is 0 Å². The summed E-state index contributed by atoms with van der Waals surface area (Å²) in [4.78, 5) is 11.9. The van der Waals surface area contributed by atoms with Crippen LogP contribution < -0.4 is 20.1 Å². The van der Waals surface area contributed by atoms with Crippen LogP contribution in [0.1, 0.15) is 0 Å². The Morgan fingerprint density at radius 3 is 2.40 bits per heavy atom. The summed E-state index contributed by atoms with van der Waals surface area (Å²) < 4.78 is 60.6. The summed E-state index contributed by atoms with van der Waals surface area (Å²) in [6.07, 6.45) is 0. The van der Waals surface area contributed by atoms with Gasteiger partial charge in [0.25, 0.3) is 0 Å². The smallest absolute Gasteiger partial charge is 0.387 e. The molecule has 2 rings (SSSR count). The third-order valence-corrected chi connectivity index (χ3v) is 3.03. The molecule has 0 aliphatic heterocycles. The quantitative estimate of drug-likeness (QED) is 0.742.